The van der Waals surface area contributed by atoms with Crippen molar-refractivity contribution in [2.75, 3.05) is 6.61 Å². The first-order valence-corrected chi connectivity index (χ1v) is 10.8. The second-order valence-corrected chi connectivity index (χ2v) is 8.74. The van der Waals surface area contributed by atoms with Crippen LogP contribution in [0.5, 0.6) is 0 Å². The lowest BCUT2D eigenvalue weighted by atomic mass is 9.65. The van der Waals surface area contributed by atoms with Crippen LogP contribution in [-0.4, -0.2) is 12.7 Å². The Labute approximate surface area is 171 Å². The van der Waals surface area contributed by atoms with Gasteiger partial charge in [-0.3, -0.25) is 0 Å². The molecular weight excluding hydrogens is 373 g/mol. The van der Waals surface area contributed by atoms with Crippen LogP contribution in [-0.2, 0) is 4.74 Å². The molecule has 4 heteroatoms. The SMILES string of the molecule is CCOC1CCC2CC(c3cc(F)c(-c4ccc(C)c(F)c4)c(F)c3)CCC2C1. The molecule has 0 N–H and O–H groups in total. The molecule has 0 radical (unpaired) electrons. The monoisotopic (exact) mass is 402 g/mol. The van der Waals surface area contributed by atoms with E-state index in [0.717, 1.165) is 50.7 Å². The Morgan fingerprint density at radius 2 is 1.55 bits per heavy atom. The fourth-order valence-corrected chi connectivity index (χ4v) is 5.39. The maximum atomic E-state index is 14.9. The lowest BCUT2D eigenvalue weighted by molar-refractivity contribution is -0.00957. The first-order chi connectivity index (χ1) is 14.0. The van der Waals surface area contributed by atoms with Gasteiger partial charge in [0.05, 0.1) is 11.7 Å². The largest absolute Gasteiger partial charge is 0.378 e. The Morgan fingerprint density at radius 3 is 2.24 bits per heavy atom. The molecule has 4 rings (SSSR count). The summed E-state index contributed by atoms with van der Waals surface area (Å²) in [4.78, 5) is 0. The number of benzene rings is 2. The predicted molar refractivity (Wildman–Crippen MR) is 109 cm³/mol. The summed E-state index contributed by atoms with van der Waals surface area (Å²) in [6.07, 6.45) is 6.75. The highest BCUT2D eigenvalue weighted by atomic mass is 19.1. The van der Waals surface area contributed by atoms with Gasteiger partial charge in [0.25, 0.3) is 0 Å². The summed E-state index contributed by atoms with van der Waals surface area (Å²) in [6.45, 7) is 4.44. The number of rotatable bonds is 4. The third-order valence-corrected chi connectivity index (χ3v) is 6.96. The molecule has 2 saturated carbocycles. The van der Waals surface area contributed by atoms with Crippen LogP contribution in [0, 0.1) is 36.2 Å². The van der Waals surface area contributed by atoms with E-state index in [1.54, 1.807) is 19.1 Å². The van der Waals surface area contributed by atoms with Crippen LogP contribution in [0.1, 0.15) is 62.5 Å². The molecule has 0 aromatic heterocycles. The molecule has 0 spiro atoms. The maximum absolute atomic E-state index is 14.9. The van der Waals surface area contributed by atoms with Crippen LogP contribution < -0.4 is 0 Å². The molecule has 0 heterocycles. The summed E-state index contributed by atoms with van der Waals surface area (Å²) in [5.74, 6) is -0.196. The molecule has 0 bridgehead atoms. The molecule has 2 fully saturated rings. The number of hydrogen-bond donors (Lipinski definition) is 0. The second kappa shape index (κ2) is 8.51. The molecule has 2 aromatic rings. The topological polar surface area (TPSA) is 9.23 Å². The molecule has 4 unspecified atom stereocenters. The molecule has 4 atom stereocenters. The zero-order valence-electron chi connectivity index (χ0n) is 17.2. The standard InChI is InChI=1S/C25H29F3O/c1-3-29-21-9-8-16-10-17(6-7-18(16)11-21)20-13-23(27)25(24(28)14-20)19-5-4-15(2)22(26)12-19/h4-5,12-14,16-18,21H,3,6-11H2,1-2H3. The second-order valence-electron chi connectivity index (χ2n) is 8.74. The number of aryl methyl sites for hydroxylation is 1. The summed E-state index contributed by atoms with van der Waals surface area (Å²) in [6, 6.07) is 7.26. The molecule has 0 amide bonds. The third kappa shape index (κ3) is 4.23. The van der Waals surface area contributed by atoms with Crippen LogP contribution in [0.15, 0.2) is 30.3 Å². The quantitative estimate of drug-likeness (QED) is 0.527. The van der Waals surface area contributed by atoms with Gasteiger partial charge in [0.2, 0.25) is 0 Å². The summed E-state index contributed by atoms with van der Waals surface area (Å²) < 4.78 is 49.4. The van der Waals surface area contributed by atoms with Crippen molar-refractivity contribution in [3.05, 3.63) is 58.9 Å². The normalized spacial score (nSPS) is 26.9. The Bertz CT molecular complexity index is 855. The Balaban J connectivity index is 1.52. The summed E-state index contributed by atoms with van der Waals surface area (Å²) in [5.41, 5.74) is 1.30. The van der Waals surface area contributed by atoms with E-state index in [0.29, 0.717) is 23.5 Å². The minimum Gasteiger partial charge on any atom is -0.378 e. The van der Waals surface area contributed by atoms with E-state index in [2.05, 4.69) is 0 Å². The molecule has 0 saturated heterocycles. The lowest BCUT2D eigenvalue weighted by Gasteiger charge is -2.42. The van der Waals surface area contributed by atoms with Gasteiger partial charge < -0.3 is 4.74 Å². The number of fused-ring (bicyclic) bond motifs is 1. The van der Waals surface area contributed by atoms with Crippen LogP contribution in [0.2, 0.25) is 0 Å². The highest BCUT2D eigenvalue weighted by Gasteiger charge is 2.36. The van der Waals surface area contributed by atoms with Crippen molar-refractivity contribution in [3.8, 4) is 11.1 Å². The van der Waals surface area contributed by atoms with Gasteiger partial charge in [-0.05, 0) is 105 Å². The van der Waals surface area contributed by atoms with Gasteiger partial charge in [-0.15, -0.1) is 0 Å². The van der Waals surface area contributed by atoms with Gasteiger partial charge in [0, 0.05) is 6.61 Å². The van der Waals surface area contributed by atoms with Crippen molar-refractivity contribution >= 4 is 0 Å². The van der Waals surface area contributed by atoms with Crippen LogP contribution in [0.3, 0.4) is 0 Å². The smallest absolute Gasteiger partial charge is 0.134 e. The number of hydrogen-bond acceptors (Lipinski definition) is 1. The highest BCUT2D eigenvalue weighted by molar-refractivity contribution is 5.66. The molecule has 29 heavy (non-hydrogen) atoms. The first-order valence-electron chi connectivity index (χ1n) is 10.8. The average Bonchev–Trinajstić information content (AvgIpc) is 2.70. The van der Waals surface area contributed by atoms with E-state index in [1.165, 1.54) is 18.2 Å². The van der Waals surface area contributed by atoms with Gasteiger partial charge in [0.15, 0.2) is 0 Å². The molecule has 156 valence electrons. The van der Waals surface area contributed by atoms with E-state index in [1.807, 2.05) is 6.92 Å². The van der Waals surface area contributed by atoms with Gasteiger partial charge in [-0.1, -0.05) is 12.1 Å². The first kappa shape index (κ1) is 20.5. The van der Waals surface area contributed by atoms with Crippen molar-refractivity contribution < 1.29 is 17.9 Å². The van der Waals surface area contributed by atoms with Gasteiger partial charge in [-0.2, -0.15) is 0 Å². The summed E-state index contributed by atoms with van der Waals surface area (Å²) in [7, 11) is 0. The lowest BCUT2D eigenvalue weighted by Crippen LogP contribution is -2.33. The van der Waals surface area contributed by atoms with Crippen molar-refractivity contribution in [1.29, 1.82) is 0 Å². The zero-order valence-corrected chi connectivity index (χ0v) is 17.2. The van der Waals surface area contributed by atoms with E-state index < -0.39 is 17.5 Å². The molecule has 2 aromatic carbocycles. The van der Waals surface area contributed by atoms with Gasteiger partial charge in [0.1, 0.15) is 17.5 Å². The molecule has 2 aliphatic carbocycles. The number of halogens is 3. The maximum Gasteiger partial charge on any atom is 0.134 e. The minimum absolute atomic E-state index is 0.140. The summed E-state index contributed by atoms with van der Waals surface area (Å²) in [5, 5.41) is 0. The summed E-state index contributed by atoms with van der Waals surface area (Å²) >= 11 is 0. The average molecular weight is 403 g/mol. The molecule has 2 aliphatic rings. The molecular formula is C25H29F3O. The van der Waals surface area contributed by atoms with E-state index in [-0.39, 0.29) is 17.0 Å². The van der Waals surface area contributed by atoms with E-state index in [4.69, 9.17) is 4.74 Å². The van der Waals surface area contributed by atoms with E-state index >= 15 is 0 Å². The van der Waals surface area contributed by atoms with Crippen LogP contribution in [0.4, 0.5) is 13.2 Å². The Kier molecular flexibility index (Phi) is 6.00. The van der Waals surface area contributed by atoms with Gasteiger partial charge >= 0.3 is 0 Å². The highest BCUT2D eigenvalue weighted by Crippen LogP contribution is 2.47. The van der Waals surface area contributed by atoms with Crippen molar-refractivity contribution in [1.82, 2.24) is 0 Å². The molecule has 1 nitrogen and oxygen atoms in total. The Morgan fingerprint density at radius 1 is 0.862 bits per heavy atom. The van der Waals surface area contributed by atoms with Crippen molar-refractivity contribution in [2.24, 2.45) is 11.8 Å². The minimum atomic E-state index is -0.606. The number of ether oxygens (including phenoxy) is 1. The predicted octanol–water partition coefficient (Wildman–Crippen LogP) is 7.17. The third-order valence-electron chi connectivity index (χ3n) is 6.96. The Hall–Kier alpha value is -1.81. The fraction of sp³-hybridized carbons (Fsp3) is 0.520. The van der Waals surface area contributed by atoms with Crippen molar-refractivity contribution in [2.45, 2.75) is 64.4 Å². The van der Waals surface area contributed by atoms with Crippen LogP contribution in [0.25, 0.3) is 11.1 Å². The van der Waals surface area contributed by atoms with E-state index in [9.17, 15) is 13.2 Å². The molecule has 0 aliphatic heterocycles. The fourth-order valence-electron chi connectivity index (χ4n) is 5.39. The van der Waals surface area contributed by atoms with Crippen molar-refractivity contribution in [3.63, 3.8) is 0 Å². The zero-order chi connectivity index (χ0) is 20.5. The van der Waals surface area contributed by atoms with Crippen LogP contribution >= 0.6 is 0 Å². The van der Waals surface area contributed by atoms with Gasteiger partial charge in [-0.25, -0.2) is 13.2 Å².